The molecule has 8 heteroatoms. The van der Waals surface area contributed by atoms with Crippen molar-refractivity contribution in [2.45, 2.75) is 32.7 Å². The third kappa shape index (κ3) is 4.53. The smallest absolute Gasteiger partial charge is 0.328 e. The Morgan fingerprint density at radius 1 is 1.23 bits per heavy atom. The van der Waals surface area contributed by atoms with Crippen LogP contribution in [-0.4, -0.2) is 35.1 Å². The Hall–Kier alpha value is -2.12. The second kappa shape index (κ2) is 8.51. The Labute approximate surface area is 157 Å². The van der Waals surface area contributed by atoms with Gasteiger partial charge in [-0.3, -0.25) is 19.1 Å². The number of rotatable bonds is 5. The molecule has 0 bridgehead atoms. The van der Waals surface area contributed by atoms with Gasteiger partial charge in [-0.05, 0) is 43.5 Å². The Kier molecular flexibility index (Phi) is 6.61. The van der Waals surface area contributed by atoms with Crippen molar-refractivity contribution in [3.63, 3.8) is 0 Å². The molecular weight excluding hydrogens is 356 g/mol. The maximum atomic E-state index is 12.2. The molecule has 1 amide bonds. The average Bonchev–Trinajstić information content (AvgIpc) is 2.60. The van der Waals surface area contributed by atoms with Crippen molar-refractivity contribution in [2.24, 2.45) is 5.41 Å². The average molecular weight is 381 g/mol. The van der Waals surface area contributed by atoms with Gasteiger partial charge < -0.3 is 10.6 Å². The van der Waals surface area contributed by atoms with E-state index in [0.29, 0.717) is 17.4 Å². The Morgan fingerprint density at radius 2 is 1.92 bits per heavy atom. The van der Waals surface area contributed by atoms with E-state index in [4.69, 9.17) is 0 Å². The molecule has 0 saturated carbocycles. The van der Waals surface area contributed by atoms with E-state index in [1.165, 1.54) is 4.57 Å². The molecule has 26 heavy (non-hydrogen) atoms. The molecule has 2 heterocycles. The van der Waals surface area contributed by atoms with Crippen molar-refractivity contribution in [1.82, 2.24) is 20.2 Å². The third-order valence-electron chi connectivity index (χ3n) is 4.99. The number of aryl methyl sites for hydroxylation is 1. The number of aromatic nitrogens is 2. The maximum Gasteiger partial charge on any atom is 0.328 e. The van der Waals surface area contributed by atoms with Crippen LogP contribution >= 0.6 is 12.4 Å². The highest BCUT2D eigenvalue weighted by Crippen LogP contribution is 2.26. The number of H-pyrrole nitrogens is 1. The van der Waals surface area contributed by atoms with Gasteiger partial charge in [-0.2, -0.15) is 0 Å². The lowest BCUT2D eigenvalue weighted by Crippen LogP contribution is -2.43. The normalized spacial score (nSPS) is 16.0. The van der Waals surface area contributed by atoms with E-state index in [2.05, 4.69) is 22.5 Å². The first-order chi connectivity index (χ1) is 12.0. The molecule has 142 valence electrons. The third-order valence-corrected chi connectivity index (χ3v) is 4.99. The standard InChI is InChI=1S/C18H24N4O3.ClH/c1-18(7-9-19-10-8-18)12-20-15(23)6-11-22-14-5-3-2-4-13(14)16(24)21-17(22)25;/h2-5,19H,6-12H2,1H3,(H,20,23)(H,21,24,25);1H. The quantitative estimate of drug-likeness (QED) is 0.721. The van der Waals surface area contributed by atoms with Crippen molar-refractivity contribution >= 4 is 29.2 Å². The summed E-state index contributed by atoms with van der Waals surface area (Å²) in [6.07, 6.45) is 2.28. The van der Waals surface area contributed by atoms with Crippen molar-refractivity contribution in [3.8, 4) is 0 Å². The SMILES string of the molecule is CC1(CNC(=O)CCn2c(=O)[nH]c(=O)c3ccccc32)CCNCC1.Cl. The van der Waals surface area contributed by atoms with Crippen molar-refractivity contribution in [2.75, 3.05) is 19.6 Å². The van der Waals surface area contributed by atoms with Crippen LogP contribution in [0.2, 0.25) is 0 Å². The number of hydrogen-bond acceptors (Lipinski definition) is 4. The van der Waals surface area contributed by atoms with Crippen LogP contribution in [0.5, 0.6) is 0 Å². The minimum atomic E-state index is -0.484. The summed E-state index contributed by atoms with van der Waals surface area (Å²) in [5.74, 6) is -0.0815. The van der Waals surface area contributed by atoms with Gasteiger partial charge >= 0.3 is 5.69 Å². The number of carbonyl (C=O) groups is 1. The first-order valence-corrected chi connectivity index (χ1v) is 8.68. The van der Waals surface area contributed by atoms with E-state index in [9.17, 15) is 14.4 Å². The van der Waals surface area contributed by atoms with Gasteiger partial charge in [0.15, 0.2) is 0 Å². The molecule has 3 N–H and O–H groups in total. The lowest BCUT2D eigenvalue weighted by molar-refractivity contribution is -0.121. The minimum absolute atomic E-state index is 0. The van der Waals surface area contributed by atoms with E-state index < -0.39 is 11.2 Å². The molecule has 0 radical (unpaired) electrons. The molecule has 0 unspecified atom stereocenters. The van der Waals surface area contributed by atoms with Gasteiger partial charge in [0, 0.05) is 19.5 Å². The topological polar surface area (TPSA) is 96.0 Å². The fraction of sp³-hybridized carbons (Fsp3) is 0.500. The van der Waals surface area contributed by atoms with Gasteiger partial charge in [-0.15, -0.1) is 12.4 Å². The molecule has 0 spiro atoms. The second-order valence-electron chi connectivity index (χ2n) is 7.02. The van der Waals surface area contributed by atoms with Gasteiger partial charge in [0.25, 0.3) is 5.56 Å². The lowest BCUT2D eigenvalue weighted by Gasteiger charge is -2.34. The van der Waals surface area contributed by atoms with Crippen molar-refractivity contribution in [3.05, 3.63) is 45.1 Å². The number of nitrogens with zero attached hydrogens (tertiary/aromatic N) is 1. The highest BCUT2D eigenvalue weighted by molar-refractivity contribution is 5.85. The second-order valence-corrected chi connectivity index (χ2v) is 7.02. The van der Waals surface area contributed by atoms with Gasteiger partial charge in [-0.1, -0.05) is 19.1 Å². The summed E-state index contributed by atoms with van der Waals surface area (Å²) >= 11 is 0. The number of nitrogens with one attached hydrogen (secondary N) is 3. The molecule has 2 aromatic rings. The molecule has 1 aromatic carbocycles. The van der Waals surface area contributed by atoms with Crippen LogP contribution in [0.25, 0.3) is 10.9 Å². The summed E-state index contributed by atoms with van der Waals surface area (Å²) in [7, 11) is 0. The zero-order valence-electron chi connectivity index (χ0n) is 14.8. The van der Waals surface area contributed by atoms with Crippen molar-refractivity contribution < 1.29 is 4.79 Å². The minimum Gasteiger partial charge on any atom is -0.355 e. The highest BCUT2D eigenvalue weighted by Gasteiger charge is 2.26. The van der Waals surface area contributed by atoms with Crippen LogP contribution in [0.15, 0.2) is 33.9 Å². The molecule has 3 rings (SSSR count). The summed E-state index contributed by atoms with van der Waals surface area (Å²) in [6, 6.07) is 6.91. The molecule has 0 atom stereocenters. The lowest BCUT2D eigenvalue weighted by atomic mass is 9.81. The van der Waals surface area contributed by atoms with Crippen LogP contribution < -0.4 is 21.9 Å². The highest BCUT2D eigenvalue weighted by atomic mass is 35.5. The summed E-state index contributed by atoms with van der Waals surface area (Å²) in [5.41, 5.74) is -0.209. The van der Waals surface area contributed by atoms with Gasteiger partial charge in [-0.25, -0.2) is 4.79 Å². The van der Waals surface area contributed by atoms with Gasteiger partial charge in [0.1, 0.15) is 0 Å². The number of carbonyl (C=O) groups excluding carboxylic acids is 1. The Balaban J connectivity index is 0.00000243. The fourth-order valence-corrected chi connectivity index (χ4v) is 3.29. The summed E-state index contributed by atoms with van der Waals surface area (Å²) < 4.78 is 1.45. The van der Waals surface area contributed by atoms with Gasteiger partial charge in [0.2, 0.25) is 5.91 Å². The van der Waals surface area contributed by atoms with Crippen LogP contribution in [-0.2, 0) is 11.3 Å². The van der Waals surface area contributed by atoms with E-state index >= 15 is 0 Å². The Bertz CT molecular complexity index is 884. The number of amides is 1. The molecular formula is C18H25ClN4O3. The number of hydrogen-bond donors (Lipinski definition) is 3. The van der Waals surface area contributed by atoms with E-state index in [0.717, 1.165) is 25.9 Å². The van der Waals surface area contributed by atoms with Crippen LogP contribution in [0.3, 0.4) is 0 Å². The Morgan fingerprint density at radius 3 is 2.65 bits per heavy atom. The van der Waals surface area contributed by atoms with E-state index in [1.54, 1.807) is 24.3 Å². The largest absolute Gasteiger partial charge is 0.355 e. The predicted molar refractivity (Wildman–Crippen MR) is 104 cm³/mol. The first kappa shape index (κ1) is 20.2. The summed E-state index contributed by atoms with van der Waals surface area (Å²) in [4.78, 5) is 38.5. The monoisotopic (exact) mass is 380 g/mol. The number of para-hydroxylation sites is 1. The number of fused-ring (bicyclic) bond motifs is 1. The summed E-state index contributed by atoms with van der Waals surface area (Å²) in [5, 5.41) is 6.76. The van der Waals surface area contributed by atoms with Gasteiger partial charge in [0.05, 0.1) is 10.9 Å². The number of halogens is 1. The zero-order valence-corrected chi connectivity index (χ0v) is 15.7. The first-order valence-electron chi connectivity index (χ1n) is 8.68. The zero-order chi connectivity index (χ0) is 17.9. The number of aromatic amines is 1. The van der Waals surface area contributed by atoms with E-state index in [-0.39, 0.29) is 36.7 Å². The molecule has 7 nitrogen and oxygen atoms in total. The van der Waals surface area contributed by atoms with Crippen LogP contribution in [0.4, 0.5) is 0 Å². The molecule has 0 aliphatic carbocycles. The molecule has 1 saturated heterocycles. The molecule has 1 aliphatic heterocycles. The van der Waals surface area contributed by atoms with Crippen LogP contribution in [0.1, 0.15) is 26.2 Å². The fourth-order valence-electron chi connectivity index (χ4n) is 3.29. The molecule has 1 aliphatic rings. The number of benzene rings is 1. The molecule has 1 aromatic heterocycles. The van der Waals surface area contributed by atoms with E-state index in [1.807, 2.05) is 0 Å². The molecule has 1 fully saturated rings. The maximum absolute atomic E-state index is 12.2. The van der Waals surface area contributed by atoms with Crippen LogP contribution in [0, 0.1) is 5.41 Å². The summed E-state index contributed by atoms with van der Waals surface area (Å²) in [6.45, 7) is 5.03. The predicted octanol–water partition coefficient (Wildman–Crippen LogP) is 1.01. The number of piperidine rings is 1. The van der Waals surface area contributed by atoms with Crippen molar-refractivity contribution in [1.29, 1.82) is 0 Å².